The molecule has 11 heteroatoms. The van der Waals surface area contributed by atoms with E-state index in [2.05, 4.69) is 5.32 Å². The number of hydrogen-bond donors (Lipinski definition) is 2. The van der Waals surface area contributed by atoms with Gasteiger partial charge in [-0.1, -0.05) is 48.0 Å². The van der Waals surface area contributed by atoms with E-state index in [1.807, 2.05) is 6.92 Å². The van der Waals surface area contributed by atoms with Crippen LogP contribution in [0.5, 0.6) is 0 Å². The lowest BCUT2D eigenvalue weighted by molar-refractivity contribution is -0.150. The van der Waals surface area contributed by atoms with Crippen molar-refractivity contribution in [1.29, 1.82) is 0 Å². The molecule has 2 N–H and O–H groups in total. The van der Waals surface area contributed by atoms with Crippen LogP contribution < -0.4 is 5.32 Å². The molecule has 1 fully saturated rings. The maximum Gasteiger partial charge on any atom is 0.356 e. The largest absolute Gasteiger partial charge is 0.499 e. The number of carbonyl (C=O) groups is 3. The zero-order valence-corrected chi connectivity index (χ0v) is 20.4. The van der Waals surface area contributed by atoms with E-state index in [4.69, 9.17) is 4.74 Å². The molecule has 180 valence electrons. The summed E-state index contributed by atoms with van der Waals surface area (Å²) in [6.07, 6.45) is -0.0224. The normalized spacial score (nSPS) is 18.6. The van der Waals surface area contributed by atoms with Gasteiger partial charge in [-0.25, -0.2) is 13.2 Å². The zero-order chi connectivity index (χ0) is 25.0. The molecule has 9 nitrogen and oxygen atoms in total. The lowest BCUT2D eigenvalue weighted by Crippen LogP contribution is -2.69. The Hall–Kier alpha value is -3.31. The quantitative estimate of drug-likeness (QED) is 0.230. The average Bonchev–Trinajstić information content (AvgIpc) is 2.80. The zero-order valence-electron chi connectivity index (χ0n) is 18.7. The van der Waals surface area contributed by atoms with Gasteiger partial charge in [0.1, 0.15) is 17.2 Å². The molecule has 0 spiro atoms. The lowest BCUT2D eigenvalue weighted by atomic mass is 10.0. The van der Waals surface area contributed by atoms with Gasteiger partial charge in [0.2, 0.25) is 14.8 Å². The maximum absolute atomic E-state index is 13.1. The van der Waals surface area contributed by atoms with Crippen LogP contribution >= 0.6 is 10.8 Å². The number of methoxy groups -OCH3 is 1. The van der Waals surface area contributed by atoms with Gasteiger partial charge in [0.05, 0.1) is 18.4 Å². The number of likely N-dealkylation sites (tertiary alicyclic amines) is 1. The number of benzene rings is 2. The van der Waals surface area contributed by atoms with Crippen LogP contribution in [0.1, 0.15) is 18.1 Å². The Morgan fingerprint density at radius 2 is 1.74 bits per heavy atom. The molecule has 0 aromatic heterocycles. The third kappa shape index (κ3) is 5.42. The van der Waals surface area contributed by atoms with Gasteiger partial charge >= 0.3 is 5.97 Å². The number of aryl methyl sites for hydroxylation is 1. The average molecular weight is 505 g/mol. The highest BCUT2D eigenvalue weighted by Gasteiger charge is 2.54. The van der Waals surface area contributed by atoms with Crippen molar-refractivity contribution < 1.29 is 32.6 Å². The molecule has 3 rings (SSSR count). The molecule has 2 aromatic rings. The first-order valence-corrected chi connectivity index (χ1v) is 13.1. The fourth-order valence-corrected chi connectivity index (χ4v) is 6.82. The minimum atomic E-state index is -4.00. The first-order chi connectivity index (χ1) is 16.0. The number of aliphatic carboxylic acids is 1. The van der Waals surface area contributed by atoms with E-state index >= 15 is 0 Å². The first kappa shape index (κ1) is 25.3. The lowest BCUT2D eigenvalue weighted by Gasteiger charge is -2.46. The molecule has 1 saturated heterocycles. The van der Waals surface area contributed by atoms with Gasteiger partial charge in [0, 0.05) is 10.8 Å². The molecule has 34 heavy (non-hydrogen) atoms. The van der Waals surface area contributed by atoms with Crippen LogP contribution in [-0.2, 0) is 34.4 Å². The Kier molecular flexibility index (Phi) is 7.68. The third-order valence-corrected chi connectivity index (χ3v) is 8.90. The topological polar surface area (TPSA) is 130 Å². The summed E-state index contributed by atoms with van der Waals surface area (Å²) in [6, 6.07) is 13.7. The number of ether oxygens (including phenoxy) is 1. The highest BCUT2D eigenvalue weighted by atomic mass is 33.1. The van der Waals surface area contributed by atoms with Gasteiger partial charge in [-0.2, -0.15) is 0 Å². The van der Waals surface area contributed by atoms with Crippen molar-refractivity contribution in [2.75, 3.05) is 7.11 Å². The van der Waals surface area contributed by atoms with E-state index in [1.54, 1.807) is 42.5 Å². The molecule has 2 aromatic carbocycles. The van der Waals surface area contributed by atoms with Crippen molar-refractivity contribution in [3.63, 3.8) is 0 Å². The number of rotatable bonds is 9. The molecule has 1 aliphatic heterocycles. The van der Waals surface area contributed by atoms with Crippen molar-refractivity contribution in [3.8, 4) is 0 Å². The molecule has 0 aliphatic carbocycles. The second-order valence-electron chi connectivity index (χ2n) is 7.58. The van der Waals surface area contributed by atoms with E-state index in [0.717, 1.165) is 10.5 Å². The van der Waals surface area contributed by atoms with Crippen LogP contribution in [0.3, 0.4) is 0 Å². The predicted octanol–water partition coefficient (Wildman–Crippen LogP) is 2.28. The monoisotopic (exact) mass is 504 g/mol. The second kappa shape index (κ2) is 10.3. The minimum Gasteiger partial charge on any atom is -0.499 e. The van der Waals surface area contributed by atoms with Gasteiger partial charge in [0.25, 0.3) is 5.91 Å². The van der Waals surface area contributed by atoms with E-state index in [-0.39, 0.29) is 17.1 Å². The van der Waals surface area contributed by atoms with Crippen molar-refractivity contribution in [1.82, 2.24) is 10.2 Å². The van der Waals surface area contributed by atoms with Gasteiger partial charge in [0.15, 0.2) is 5.70 Å². The Labute approximate surface area is 201 Å². The third-order valence-electron chi connectivity index (χ3n) is 5.19. The fraction of sp³-hybridized carbons (Fsp3) is 0.261. The maximum atomic E-state index is 13.1. The molecular weight excluding hydrogens is 480 g/mol. The summed E-state index contributed by atoms with van der Waals surface area (Å²) in [4.78, 5) is 38.3. The summed E-state index contributed by atoms with van der Waals surface area (Å²) in [5.74, 6) is -2.77. The Morgan fingerprint density at radius 1 is 1.12 bits per heavy atom. The van der Waals surface area contributed by atoms with E-state index < -0.39 is 43.8 Å². The number of hydrogen-bond acceptors (Lipinski definition) is 7. The number of nitrogens with zero attached hydrogens (tertiary/aromatic N) is 1. The number of allylic oxidation sites excluding steroid dienone is 1. The molecule has 0 saturated carbocycles. The predicted molar refractivity (Wildman–Crippen MR) is 126 cm³/mol. The van der Waals surface area contributed by atoms with Crippen molar-refractivity contribution in [3.05, 3.63) is 77.2 Å². The van der Waals surface area contributed by atoms with E-state index in [1.165, 1.54) is 26.2 Å². The summed E-state index contributed by atoms with van der Waals surface area (Å²) < 4.78 is 31.2. The number of carbonyl (C=O) groups excluding carboxylic acids is 2. The summed E-state index contributed by atoms with van der Waals surface area (Å²) in [7, 11) is -2.36. The summed E-state index contributed by atoms with van der Waals surface area (Å²) in [5.41, 5.74) is 1.08. The molecular formula is C23H24N2O7S2. The molecule has 2 unspecified atom stereocenters. The molecule has 1 aliphatic rings. The standard InChI is InChI=1S/C23H24N2O7S2/c1-14-9-11-17(12-10-14)34(30,31)33-22-19(24-18(26)13-16-7-5-4-6-8-16)21(27)25(22)20(23(28)29)15(2)32-3/h4-12,19,22H,13H2,1-3H3,(H,24,26)(H,28,29)/b20-15+. The second-order valence-corrected chi connectivity index (χ2v) is 11.5. The van der Waals surface area contributed by atoms with Crippen LogP contribution in [0.15, 0.2) is 70.9 Å². The van der Waals surface area contributed by atoms with E-state index in [0.29, 0.717) is 16.4 Å². The summed E-state index contributed by atoms with van der Waals surface area (Å²) >= 11 is 0. The van der Waals surface area contributed by atoms with Crippen molar-refractivity contribution in [2.24, 2.45) is 0 Å². The van der Waals surface area contributed by atoms with Crippen LogP contribution in [0.25, 0.3) is 0 Å². The van der Waals surface area contributed by atoms with Gasteiger partial charge in [-0.3, -0.25) is 14.5 Å². The Bertz CT molecular complexity index is 1230. The number of carboxylic acid groups (broad SMARTS) is 1. The fourth-order valence-electron chi connectivity index (χ4n) is 3.35. The summed E-state index contributed by atoms with van der Waals surface area (Å²) in [5, 5.41) is 11.0. The molecule has 0 radical (unpaired) electrons. The van der Waals surface area contributed by atoms with Crippen molar-refractivity contribution in [2.45, 2.75) is 36.6 Å². The minimum absolute atomic E-state index is 0.000999. The smallest absolute Gasteiger partial charge is 0.356 e. The highest BCUT2D eigenvalue weighted by Crippen LogP contribution is 2.40. The van der Waals surface area contributed by atoms with Crippen molar-refractivity contribution >= 4 is 37.4 Å². The highest BCUT2D eigenvalue weighted by molar-refractivity contribution is 8.72. The molecule has 2 atom stereocenters. The number of carboxylic acids is 1. The Morgan fingerprint density at radius 3 is 2.29 bits per heavy atom. The van der Waals surface area contributed by atoms with Crippen LogP contribution in [-0.4, -0.2) is 54.7 Å². The van der Waals surface area contributed by atoms with Gasteiger partial charge in [-0.05, 0) is 31.5 Å². The Balaban J connectivity index is 1.91. The van der Waals surface area contributed by atoms with Crippen LogP contribution in [0.4, 0.5) is 0 Å². The van der Waals surface area contributed by atoms with Crippen LogP contribution in [0, 0.1) is 6.92 Å². The molecule has 1 heterocycles. The molecule has 2 amide bonds. The SMILES string of the molecule is CO/C(C)=C(\C(=O)O)N1C(=O)C(NC(=O)Cc2ccccc2)C1SS(=O)(=O)c1ccc(C)cc1. The molecule has 0 bridgehead atoms. The number of β-lactam (4-membered cyclic amide) rings is 1. The summed E-state index contributed by atoms with van der Waals surface area (Å²) in [6.45, 7) is 3.17. The van der Waals surface area contributed by atoms with Crippen LogP contribution in [0.2, 0.25) is 0 Å². The van der Waals surface area contributed by atoms with E-state index in [9.17, 15) is 27.9 Å². The van der Waals surface area contributed by atoms with Gasteiger partial charge < -0.3 is 15.2 Å². The number of nitrogens with one attached hydrogen (secondary N) is 1. The number of amides is 2. The van der Waals surface area contributed by atoms with Gasteiger partial charge in [-0.15, -0.1) is 0 Å². The first-order valence-electron chi connectivity index (χ1n) is 10.2.